The van der Waals surface area contributed by atoms with Crippen molar-refractivity contribution in [2.45, 2.75) is 13.8 Å². The van der Waals surface area contributed by atoms with Crippen LogP contribution in [0.5, 0.6) is 5.75 Å². The van der Waals surface area contributed by atoms with Gasteiger partial charge < -0.3 is 5.11 Å². The first kappa shape index (κ1) is 10.9. The van der Waals surface area contributed by atoms with Gasteiger partial charge in [0.2, 0.25) is 0 Å². The molecule has 0 bridgehead atoms. The lowest BCUT2D eigenvalue weighted by molar-refractivity contribution is 0.480. The van der Waals surface area contributed by atoms with Gasteiger partial charge in [-0.3, -0.25) is 4.98 Å². The fourth-order valence-electron chi connectivity index (χ4n) is 1.06. The van der Waals surface area contributed by atoms with Gasteiger partial charge in [-0.1, -0.05) is 13.8 Å². The molecule has 1 heterocycles. The zero-order valence-electron chi connectivity index (χ0n) is 8.23. The third kappa shape index (κ3) is 1.99. The maximum Gasteiger partial charge on any atom is 0.143 e. The van der Waals surface area contributed by atoms with Gasteiger partial charge in [0, 0.05) is 12.4 Å². The molecule has 1 aromatic carbocycles. The zero-order valence-corrected chi connectivity index (χ0v) is 9.38. The van der Waals surface area contributed by atoms with Crippen LogP contribution in [0.2, 0.25) is 0 Å². The molecule has 14 heavy (non-hydrogen) atoms. The van der Waals surface area contributed by atoms with Crippen molar-refractivity contribution in [1.29, 1.82) is 0 Å². The van der Waals surface area contributed by atoms with Gasteiger partial charge in [0.25, 0.3) is 0 Å². The Morgan fingerprint density at radius 2 is 1.64 bits per heavy atom. The highest BCUT2D eigenvalue weighted by Crippen LogP contribution is 2.19. The molecule has 0 radical (unpaired) electrons. The molecular weight excluding hydrogens is 195 g/mol. The number of benzene rings is 1. The summed E-state index contributed by atoms with van der Waals surface area (Å²) in [6.07, 6.45) is 3.17. The van der Waals surface area contributed by atoms with Crippen molar-refractivity contribution in [2.75, 3.05) is 0 Å². The summed E-state index contributed by atoms with van der Waals surface area (Å²) < 4.78 is 0. The second kappa shape index (κ2) is 4.87. The topological polar surface area (TPSA) is 46.0 Å². The minimum Gasteiger partial charge on any atom is -0.506 e. The average molecular weight is 208 g/mol. The number of phenolic OH excluding ortho intramolecular Hbond substituents is 1. The number of aromatic hydroxyl groups is 1. The van der Waals surface area contributed by atoms with Crippen LogP contribution in [0.1, 0.15) is 13.8 Å². The molecule has 1 N–H and O–H groups in total. The molecule has 2 rings (SSSR count). The van der Waals surface area contributed by atoms with E-state index in [0.29, 0.717) is 5.52 Å². The van der Waals surface area contributed by atoms with Crippen LogP contribution in [0.15, 0.2) is 24.5 Å². The molecule has 0 spiro atoms. The number of hydrogen-bond donors (Lipinski definition) is 1. The van der Waals surface area contributed by atoms with Gasteiger partial charge in [0.05, 0.1) is 5.52 Å². The second-order valence-corrected chi connectivity index (χ2v) is 3.05. The molecule has 0 fully saturated rings. The van der Waals surface area contributed by atoms with Crippen LogP contribution in [0, 0.1) is 0 Å². The Bertz CT molecular complexity index is 391. The number of rotatable bonds is 0. The Morgan fingerprint density at radius 1 is 1.07 bits per heavy atom. The summed E-state index contributed by atoms with van der Waals surface area (Å²) >= 11 is 0. The van der Waals surface area contributed by atoms with Gasteiger partial charge in [-0.25, -0.2) is 4.98 Å². The third-order valence-electron chi connectivity index (χ3n) is 1.64. The molecular formula is C10H13N2OP. The first-order valence-electron chi connectivity index (χ1n) is 4.47. The number of fused-ring (bicyclic) bond motifs is 1. The van der Waals surface area contributed by atoms with E-state index in [1.807, 2.05) is 13.8 Å². The average Bonchev–Trinajstić information content (AvgIpc) is 2.27. The van der Waals surface area contributed by atoms with Crippen molar-refractivity contribution in [3.8, 4) is 5.75 Å². The monoisotopic (exact) mass is 208 g/mol. The van der Waals surface area contributed by atoms with Gasteiger partial charge in [-0.2, -0.15) is 0 Å². The van der Waals surface area contributed by atoms with Crippen molar-refractivity contribution in [2.24, 2.45) is 0 Å². The fourth-order valence-corrected chi connectivity index (χ4v) is 1.37. The molecule has 4 heteroatoms. The van der Waals surface area contributed by atoms with Crippen molar-refractivity contribution < 1.29 is 5.11 Å². The smallest absolute Gasteiger partial charge is 0.143 e. The molecule has 0 aliphatic carbocycles. The molecule has 3 nitrogen and oxygen atoms in total. The van der Waals surface area contributed by atoms with Crippen molar-refractivity contribution in [1.82, 2.24) is 9.97 Å². The second-order valence-electron chi connectivity index (χ2n) is 2.43. The number of aromatic nitrogens is 2. The number of phenols is 1. The number of nitrogens with zero attached hydrogens (tertiary/aromatic N) is 2. The van der Waals surface area contributed by atoms with Gasteiger partial charge in [0.15, 0.2) is 0 Å². The molecule has 2 aromatic rings. The highest BCUT2D eigenvalue weighted by molar-refractivity contribution is 7.28. The quantitative estimate of drug-likeness (QED) is 0.672. The van der Waals surface area contributed by atoms with E-state index in [9.17, 15) is 5.11 Å². The first-order chi connectivity index (χ1) is 6.79. The highest BCUT2D eigenvalue weighted by atomic mass is 31.0. The van der Waals surface area contributed by atoms with E-state index in [1.54, 1.807) is 24.5 Å². The predicted molar refractivity (Wildman–Crippen MR) is 61.9 cm³/mol. The van der Waals surface area contributed by atoms with Crippen molar-refractivity contribution in [3.05, 3.63) is 24.5 Å². The van der Waals surface area contributed by atoms with Crippen LogP contribution in [-0.4, -0.2) is 15.1 Å². The highest BCUT2D eigenvalue weighted by Gasteiger charge is 2.02. The van der Waals surface area contributed by atoms with Crippen LogP contribution in [0.25, 0.3) is 11.0 Å². The van der Waals surface area contributed by atoms with E-state index in [4.69, 9.17) is 0 Å². The van der Waals surface area contributed by atoms with E-state index < -0.39 is 0 Å². The van der Waals surface area contributed by atoms with Crippen molar-refractivity contribution >= 4 is 25.6 Å². The van der Waals surface area contributed by atoms with Crippen molar-refractivity contribution in [3.63, 3.8) is 0 Å². The molecule has 0 saturated carbocycles. The lowest BCUT2D eigenvalue weighted by Crippen LogP contribution is -1.96. The molecule has 0 aliphatic rings. The van der Waals surface area contributed by atoms with E-state index in [0.717, 1.165) is 10.8 Å². The first-order valence-corrected chi connectivity index (χ1v) is 5.05. The lowest BCUT2D eigenvalue weighted by Gasteiger charge is -2.00. The van der Waals surface area contributed by atoms with Gasteiger partial charge in [-0.05, 0) is 17.4 Å². The third-order valence-corrected chi connectivity index (χ3v) is 2.10. The molecule has 0 amide bonds. The Morgan fingerprint density at radius 3 is 2.21 bits per heavy atom. The van der Waals surface area contributed by atoms with Crippen LogP contribution in [0.4, 0.5) is 0 Å². The zero-order chi connectivity index (χ0) is 10.6. The predicted octanol–water partition coefficient (Wildman–Crippen LogP) is 1.86. The maximum absolute atomic E-state index is 9.38. The minimum atomic E-state index is 0.171. The molecule has 1 atom stereocenters. The maximum atomic E-state index is 9.38. The summed E-state index contributed by atoms with van der Waals surface area (Å²) in [7, 11) is 2.55. The molecule has 0 saturated heterocycles. The van der Waals surface area contributed by atoms with E-state index >= 15 is 0 Å². The van der Waals surface area contributed by atoms with Gasteiger partial charge in [-0.15, -0.1) is 9.24 Å². The summed E-state index contributed by atoms with van der Waals surface area (Å²) in [6, 6.07) is 3.40. The minimum absolute atomic E-state index is 0.171. The standard InChI is InChI=1S/C8H7N2OP.C2H6/c11-5-1-2-6(12)8-7(5)9-3-4-10-8;1-2/h1-4,11H,12H2;1-2H3. The summed E-state index contributed by atoms with van der Waals surface area (Å²) in [5.41, 5.74) is 1.27. The van der Waals surface area contributed by atoms with E-state index in [-0.39, 0.29) is 5.75 Å². The SMILES string of the molecule is CC.Oc1ccc(P)c2nccnc12. The Kier molecular flexibility index (Phi) is 3.78. The van der Waals surface area contributed by atoms with Gasteiger partial charge in [0.1, 0.15) is 11.3 Å². The molecule has 74 valence electrons. The van der Waals surface area contributed by atoms with E-state index in [1.165, 1.54) is 0 Å². The fraction of sp³-hybridized carbons (Fsp3) is 0.200. The number of hydrogen-bond acceptors (Lipinski definition) is 3. The van der Waals surface area contributed by atoms with Crippen LogP contribution >= 0.6 is 9.24 Å². The lowest BCUT2D eigenvalue weighted by atomic mass is 10.3. The largest absolute Gasteiger partial charge is 0.506 e. The Labute approximate surface area is 85.4 Å². The summed E-state index contributed by atoms with van der Waals surface area (Å²) in [5, 5.41) is 10.3. The van der Waals surface area contributed by atoms with Gasteiger partial charge >= 0.3 is 0 Å². The van der Waals surface area contributed by atoms with E-state index in [2.05, 4.69) is 19.2 Å². The Balaban J connectivity index is 0.000000461. The Hall–Kier alpha value is -1.21. The summed E-state index contributed by atoms with van der Waals surface area (Å²) in [5.74, 6) is 0.171. The molecule has 1 unspecified atom stereocenters. The molecule has 0 aliphatic heterocycles. The molecule has 1 aromatic heterocycles. The van der Waals surface area contributed by atoms with Crippen LogP contribution < -0.4 is 5.30 Å². The summed E-state index contributed by atoms with van der Waals surface area (Å²) in [4.78, 5) is 8.11. The van der Waals surface area contributed by atoms with Crippen LogP contribution in [0.3, 0.4) is 0 Å². The van der Waals surface area contributed by atoms with Crippen LogP contribution in [-0.2, 0) is 0 Å². The normalized spacial score (nSPS) is 9.36. The summed E-state index contributed by atoms with van der Waals surface area (Å²) in [6.45, 7) is 4.00.